The van der Waals surface area contributed by atoms with Gasteiger partial charge in [0.25, 0.3) is 0 Å². The number of hydrogen-bond acceptors (Lipinski definition) is 25. The summed E-state index contributed by atoms with van der Waals surface area (Å²) in [6.45, 7) is 1.40. The molecule has 0 bridgehead atoms. The van der Waals surface area contributed by atoms with Crippen molar-refractivity contribution in [2.45, 2.75) is 208 Å². The van der Waals surface area contributed by atoms with Crippen LogP contribution in [0.2, 0.25) is 0 Å². The summed E-state index contributed by atoms with van der Waals surface area (Å²) < 4.78 is 0.797. The molecular formula is C86H120N24O20S2. The van der Waals surface area contributed by atoms with Crippen molar-refractivity contribution in [3.05, 3.63) is 119 Å². The number of likely N-dealkylation sites (N-methyl/N-ethyl adjacent to an activating group) is 3. The van der Waals surface area contributed by atoms with Gasteiger partial charge in [0.05, 0.1) is 50.2 Å². The van der Waals surface area contributed by atoms with Gasteiger partial charge in [-0.25, -0.2) is 4.98 Å². The number of H-pyrrole nitrogens is 2. The first-order valence-corrected chi connectivity index (χ1v) is 45.3. The fraction of sp³-hybridized carbons (Fsp3) is 0.500. The number of likely N-dealkylation sites (tertiary alicyclic amines) is 2. The molecule has 44 nitrogen and oxygen atoms in total. The van der Waals surface area contributed by atoms with Gasteiger partial charge in [-0.1, -0.05) is 88.1 Å². The van der Waals surface area contributed by atoms with Crippen LogP contribution in [0.15, 0.2) is 96.9 Å². The molecule has 0 spiro atoms. The molecule has 3 aromatic carbocycles. The second kappa shape index (κ2) is 50.7. The molecule has 0 saturated carbocycles. The van der Waals surface area contributed by atoms with Crippen LogP contribution in [0.25, 0.3) is 21.0 Å². The maximum absolute atomic E-state index is 15.7. The number of hydrogen-bond donors (Lipinski definition) is 22. The van der Waals surface area contributed by atoms with E-state index in [0.717, 1.165) is 36.1 Å². The number of imidazole rings is 1. The number of primary amides is 3. The smallest absolute Gasteiger partial charge is 0.246 e. The number of aliphatic hydroxyl groups excluding tert-OH is 2. The van der Waals surface area contributed by atoms with Gasteiger partial charge in [0.1, 0.15) is 78.3 Å². The van der Waals surface area contributed by atoms with Crippen LogP contribution >= 0.6 is 23.1 Å². The van der Waals surface area contributed by atoms with Crippen LogP contribution in [0, 0.1) is 5.41 Å². The van der Waals surface area contributed by atoms with E-state index in [1.807, 2.05) is 19.9 Å². The maximum atomic E-state index is 15.7. The third-order valence-electron chi connectivity index (χ3n) is 22.6. The first-order chi connectivity index (χ1) is 62.9. The van der Waals surface area contributed by atoms with Gasteiger partial charge in [0.15, 0.2) is 5.96 Å². The summed E-state index contributed by atoms with van der Waals surface area (Å²) in [6.07, 6.45) is 2.02. The third-order valence-corrected chi connectivity index (χ3v) is 24.6. The Morgan fingerprint density at radius 1 is 0.591 bits per heavy atom. The fourth-order valence-electron chi connectivity index (χ4n) is 15.6. The molecule has 27 N–H and O–H groups in total. The Bertz CT molecular complexity index is 5080. The molecule has 2 fully saturated rings. The summed E-state index contributed by atoms with van der Waals surface area (Å²) in [5.74, 6) is -16.5. The van der Waals surface area contributed by atoms with E-state index in [1.165, 1.54) is 57.1 Å². The predicted octanol–water partition coefficient (Wildman–Crippen LogP) is -4.64. The number of phenols is 1. The largest absolute Gasteiger partial charge is 0.508 e. The van der Waals surface area contributed by atoms with E-state index in [2.05, 4.69) is 73.4 Å². The second-order valence-electron chi connectivity index (χ2n) is 32.5. The highest BCUT2D eigenvalue weighted by molar-refractivity contribution is 8.00. The normalized spacial score (nSPS) is 16.6. The Morgan fingerprint density at radius 2 is 1.18 bits per heavy atom. The van der Waals surface area contributed by atoms with Gasteiger partial charge in [-0.3, -0.25) is 86.9 Å². The number of nitrogens with one attached hydrogen (secondary N) is 14. The van der Waals surface area contributed by atoms with Gasteiger partial charge in [0.2, 0.25) is 100 Å². The summed E-state index contributed by atoms with van der Waals surface area (Å²) >= 11 is 2.20. The number of fused-ring (bicyclic) bond motifs is 2. The van der Waals surface area contributed by atoms with E-state index < -0.39 is 230 Å². The number of rotatable bonds is 52. The number of thioether (sulfide) groups is 1. The van der Waals surface area contributed by atoms with Crippen molar-refractivity contribution in [3.8, 4) is 5.75 Å². The second-order valence-corrected chi connectivity index (χ2v) is 34.4. The summed E-state index contributed by atoms with van der Waals surface area (Å²) in [6, 6.07) is 0.396. The molecular weight excluding hydrogens is 1750 g/mol. The number of aromatic amines is 2. The Morgan fingerprint density at radius 3 is 1.83 bits per heavy atom. The van der Waals surface area contributed by atoms with Crippen LogP contribution in [0.4, 0.5) is 0 Å². The maximum Gasteiger partial charge on any atom is 0.246 e. The molecule has 1 unspecified atom stereocenters. The predicted molar refractivity (Wildman–Crippen MR) is 486 cm³/mol. The topological polar surface area (TPSA) is 695 Å². The molecule has 0 radical (unpaired) electrons. The summed E-state index contributed by atoms with van der Waals surface area (Å²) in [5, 5.41) is 71.6. The quantitative estimate of drug-likeness (QED) is 0.00970. The number of aromatic hydroxyl groups is 1. The van der Waals surface area contributed by atoms with E-state index in [9.17, 15) is 68.1 Å². The zero-order valence-electron chi connectivity index (χ0n) is 74.0. The van der Waals surface area contributed by atoms with Crippen LogP contribution in [0.1, 0.15) is 120 Å². The molecule has 2 aliphatic rings. The fourth-order valence-corrected chi connectivity index (χ4v) is 17.4. The first kappa shape index (κ1) is 104. The number of nitrogens with two attached hydrogens (primary N) is 5. The number of carbonyl (C=O) groups excluding carboxylic acids is 17. The Kier molecular flexibility index (Phi) is 40.0. The number of aliphatic hydroxyl groups is 2. The van der Waals surface area contributed by atoms with Gasteiger partial charge in [0, 0.05) is 112 Å². The van der Waals surface area contributed by atoms with E-state index in [4.69, 9.17) is 34.1 Å². The summed E-state index contributed by atoms with van der Waals surface area (Å²) in [4.78, 5) is 254. The molecule has 6 aromatic rings. The van der Waals surface area contributed by atoms with Crippen LogP contribution in [-0.4, -0.2) is 306 Å². The van der Waals surface area contributed by atoms with Crippen LogP contribution in [-0.2, 0) is 107 Å². The number of amides is 17. The minimum atomic E-state index is -1.92. The third kappa shape index (κ3) is 30.1. The Balaban J connectivity index is 1.03. The first-order valence-electron chi connectivity index (χ1n) is 43.3. The lowest BCUT2D eigenvalue weighted by molar-refractivity contribution is -0.149. The average Bonchev–Trinajstić information content (AvgIpc) is 1.46. The lowest BCUT2D eigenvalue weighted by atomic mass is 10.00. The Labute approximate surface area is 768 Å². The van der Waals surface area contributed by atoms with Gasteiger partial charge in [-0.05, 0) is 90.2 Å². The van der Waals surface area contributed by atoms with Crippen molar-refractivity contribution in [2.24, 2.45) is 28.7 Å². The lowest BCUT2D eigenvalue weighted by Crippen LogP contribution is -2.62. The van der Waals surface area contributed by atoms with Crippen molar-refractivity contribution in [2.75, 3.05) is 65.4 Å². The SMILES string of the molecule is CCCC[C@@H](C(=O)N(C)[C@@H](CCCC)C(=O)N[C@@H](CCCNC(=N)N)C(=O)NC(CSCC(=O)N[C@@H](Cc1ccc(O)cc1)C(=O)NC)C(=O)NCC(N)=O)N(C)C(=O)[C@H](Cc1csc2ccccc12)NC(=O)[C@H](CO)NC(=O)[C@H](Cc1c[nH]c2ccccc12)NC(=O)[C@@H]1C[C@@H](O)CN1C(=O)[C@H](CC(N)=O)NC(=O)[C@H](Cc1cnc[nH]1)NC(=O)[C@@H]1CCCN1C(=O)[C@@H](N)CC(N)=O. The molecule has 14 atom stereocenters. The van der Waals surface area contributed by atoms with Crippen LogP contribution in [0.3, 0.4) is 0 Å². The number of thiophene rings is 1. The van der Waals surface area contributed by atoms with Crippen molar-refractivity contribution in [1.29, 1.82) is 5.41 Å². The number of guanidine groups is 1. The van der Waals surface area contributed by atoms with Gasteiger partial charge >= 0.3 is 0 Å². The van der Waals surface area contributed by atoms with Crippen molar-refractivity contribution >= 4 is 150 Å². The van der Waals surface area contributed by atoms with E-state index in [0.29, 0.717) is 70.8 Å². The molecule has 8 rings (SSSR count). The highest BCUT2D eigenvalue weighted by Crippen LogP contribution is 2.30. The zero-order chi connectivity index (χ0) is 96.6. The van der Waals surface area contributed by atoms with Crippen molar-refractivity contribution in [1.82, 2.24) is 93.0 Å². The number of para-hydroxylation sites is 1. The zero-order valence-corrected chi connectivity index (χ0v) is 75.6. The number of unbranched alkanes of at least 4 members (excludes halogenated alkanes) is 2. The molecule has 0 aliphatic carbocycles. The number of carbonyl (C=O) groups is 17. The number of benzene rings is 3. The molecule has 716 valence electrons. The van der Waals surface area contributed by atoms with Crippen molar-refractivity contribution < 1.29 is 96.8 Å². The molecule has 3 aromatic heterocycles. The number of β-amino-alcohol motifs (C(OH)–C–C–N with tert-alkyl or cyclic N) is 1. The molecule has 2 saturated heterocycles. The number of phenolic OH excluding ortho intramolecular Hbond substituents is 1. The summed E-state index contributed by atoms with van der Waals surface area (Å²) in [7, 11) is 4.06. The van der Waals surface area contributed by atoms with Crippen LogP contribution in [0.5, 0.6) is 5.75 Å². The monoisotopic (exact) mass is 1870 g/mol. The number of nitrogens with zero attached hydrogens (tertiary/aromatic N) is 5. The highest BCUT2D eigenvalue weighted by Gasteiger charge is 2.46. The lowest BCUT2D eigenvalue weighted by Gasteiger charge is -2.36. The minimum Gasteiger partial charge on any atom is -0.508 e. The molecule has 5 heterocycles. The number of aromatic nitrogens is 3. The summed E-state index contributed by atoms with van der Waals surface area (Å²) in [5.41, 5.74) is 30.4. The molecule has 17 amide bonds. The van der Waals surface area contributed by atoms with Gasteiger partial charge in [-0.15, -0.1) is 23.1 Å². The van der Waals surface area contributed by atoms with E-state index >= 15 is 28.8 Å². The van der Waals surface area contributed by atoms with Crippen LogP contribution < -0.4 is 87.2 Å². The van der Waals surface area contributed by atoms with Gasteiger partial charge in [-0.2, -0.15) is 0 Å². The Hall–Kier alpha value is -13.3. The van der Waals surface area contributed by atoms with Crippen molar-refractivity contribution in [3.63, 3.8) is 0 Å². The van der Waals surface area contributed by atoms with Gasteiger partial charge < -0.3 is 132 Å². The minimum absolute atomic E-state index is 0.00348. The highest BCUT2D eigenvalue weighted by atomic mass is 32.2. The van der Waals surface area contributed by atoms with E-state index in [1.54, 1.807) is 66.2 Å². The standard InChI is InChI=1S/C86H120N24O20S2/c1-6-8-20-64(79(124)100-56(19-14-28-95-86(91)92)75(120)106-63(74(119)97-39-71(90)116)43-131-44-72(117)99-57(73(118)93-3)30-46-24-26-50(112)27-25-46)107(4)85(130)66(21-9-7-2)108(5)83(128)60(32-48-42-132-68-23-13-11-17-53(48)68)103-78(123)62(41-111)105-76(121)58(31-47-37-96-55-18-12-10-16-52(47)55)101-81(126)67-34-51(113)40-110(67)84(129)61(36-70(89)115)104-77(122)59(33-49-38-94-45-98-49)102-80(125)65-22-15-29-109(65)82(127)54(87)35-69(88)114/h10-13,16-18,23-27,37-38,42,45,51,54,56-67,96,111-113H,6-9,14-15,19-22,28-36,39-41,43-44,87H2,1-5H3,(H2,88,114)(H2,89,115)(H2,90,116)(H,93,118)(H,94,98)(H,97,119)(H,99,117)(H,100,124)(H,101,126)(H,102,125)(H,103,123)(H,104,122)(H,105,121)(H,106,120)(H4,91,92,95)/t51-,54+,56+,57+,58+,59+,60+,61+,62+,63?,64+,65+,66+,67+/m1/s1. The molecule has 46 heteroatoms. The molecule has 2 aliphatic heterocycles. The van der Waals surface area contributed by atoms with E-state index in [-0.39, 0.29) is 88.1 Å². The molecule has 132 heavy (non-hydrogen) atoms. The average molecular weight is 1870 g/mol.